The van der Waals surface area contributed by atoms with Crippen molar-refractivity contribution in [2.75, 3.05) is 13.1 Å². The van der Waals surface area contributed by atoms with Crippen LogP contribution >= 0.6 is 0 Å². The largest absolute Gasteiger partial charge is 0.336 e. The van der Waals surface area contributed by atoms with Crippen molar-refractivity contribution in [1.29, 1.82) is 0 Å². The Morgan fingerprint density at radius 1 is 1.45 bits per heavy atom. The Labute approximate surface area is 119 Å². The number of aryl methyl sites for hydroxylation is 2. The SMILES string of the molecule is Cc1ccc(C(C)N2CC(CN=[N+]=[N-])CC2=O)cc1C. The van der Waals surface area contributed by atoms with E-state index in [1.54, 1.807) is 0 Å². The van der Waals surface area contributed by atoms with Gasteiger partial charge in [-0.2, -0.15) is 0 Å². The van der Waals surface area contributed by atoms with Gasteiger partial charge in [0.05, 0.1) is 6.04 Å². The number of carbonyl (C=O) groups excluding carboxylic acids is 1. The summed E-state index contributed by atoms with van der Waals surface area (Å²) in [7, 11) is 0. The lowest BCUT2D eigenvalue weighted by Crippen LogP contribution is -2.28. The summed E-state index contributed by atoms with van der Waals surface area (Å²) in [6.45, 7) is 7.30. The van der Waals surface area contributed by atoms with Gasteiger partial charge in [-0.1, -0.05) is 23.3 Å². The molecule has 0 N–H and O–H groups in total. The van der Waals surface area contributed by atoms with E-state index in [0.717, 1.165) is 5.56 Å². The third-order valence-electron chi connectivity index (χ3n) is 4.12. The molecule has 1 fully saturated rings. The Morgan fingerprint density at radius 3 is 2.85 bits per heavy atom. The summed E-state index contributed by atoms with van der Waals surface area (Å²) >= 11 is 0. The number of nitrogens with zero attached hydrogens (tertiary/aromatic N) is 4. The predicted molar refractivity (Wildman–Crippen MR) is 78.2 cm³/mol. The Balaban J connectivity index is 2.12. The topological polar surface area (TPSA) is 69.1 Å². The monoisotopic (exact) mass is 272 g/mol. The fourth-order valence-corrected chi connectivity index (χ4v) is 2.66. The van der Waals surface area contributed by atoms with E-state index in [1.165, 1.54) is 11.1 Å². The van der Waals surface area contributed by atoms with Crippen molar-refractivity contribution in [2.45, 2.75) is 33.2 Å². The molecule has 1 amide bonds. The van der Waals surface area contributed by atoms with Crippen molar-refractivity contribution in [1.82, 2.24) is 4.90 Å². The molecule has 0 aliphatic carbocycles. The first-order chi connectivity index (χ1) is 9.52. The van der Waals surface area contributed by atoms with E-state index in [2.05, 4.69) is 49.0 Å². The molecule has 20 heavy (non-hydrogen) atoms. The summed E-state index contributed by atoms with van der Waals surface area (Å²) in [6.07, 6.45) is 0.480. The lowest BCUT2D eigenvalue weighted by Gasteiger charge is -2.25. The van der Waals surface area contributed by atoms with E-state index in [0.29, 0.717) is 19.5 Å². The zero-order valence-corrected chi connectivity index (χ0v) is 12.2. The maximum absolute atomic E-state index is 12.1. The number of carbonyl (C=O) groups is 1. The van der Waals surface area contributed by atoms with Gasteiger partial charge in [-0.15, -0.1) is 0 Å². The van der Waals surface area contributed by atoms with E-state index >= 15 is 0 Å². The summed E-state index contributed by atoms with van der Waals surface area (Å²) in [5.41, 5.74) is 12.0. The summed E-state index contributed by atoms with van der Waals surface area (Å²) in [6, 6.07) is 6.40. The molecule has 1 aromatic rings. The van der Waals surface area contributed by atoms with Crippen LogP contribution in [0.2, 0.25) is 0 Å². The highest BCUT2D eigenvalue weighted by Crippen LogP contribution is 2.29. The van der Waals surface area contributed by atoms with Gasteiger partial charge in [-0.25, -0.2) is 0 Å². The molecular weight excluding hydrogens is 252 g/mol. The van der Waals surface area contributed by atoms with Crippen molar-refractivity contribution in [2.24, 2.45) is 11.0 Å². The van der Waals surface area contributed by atoms with Gasteiger partial charge in [0, 0.05) is 24.4 Å². The van der Waals surface area contributed by atoms with Crippen LogP contribution < -0.4 is 0 Å². The third kappa shape index (κ3) is 2.94. The zero-order valence-electron chi connectivity index (χ0n) is 12.2. The fourth-order valence-electron chi connectivity index (χ4n) is 2.66. The van der Waals surface area contributed by atoms with E-state index in [4.69, 9.17) is 5.53 Å². The Morgan fingerprint density at radius 2 is 2.20 bits per heavy atom. The van der Waals surface area contributed by atoms with Gasteiger partial charge in [0.15, 0.2) is 0 Å². The van der Waals surface area contributed by atoms with Gasteiger partial charge in [-0.3, -0.25) is 4.79 Å². The van der Waals surface area contributed by atoms with E-state index < -0.39 is 0 Å². The molecule has 5 nitrogen and oxygen atoms in total. The second-order valence-electron chi connectivity index (χ2n) is 5.55. The van der Waals surface area contributed by atoms with Gasteiger partial charge in [0.2, 0.25) is 5.91 Å². The minimum atomic E-state index is 0.0675. The first kappa shape index (κ1) is 14.4. The van der Waals surface area contributed by atoms with Crippen LogP contribution in [0.25, 0.3) is 10.4 Å². The first-order valence-electron chi connectivity index (χ1n) is 6.90. The van der Waals surface area contributed by atoms with Crippen molar-refractivity contribution >= 4 is 5.91 Å². The molecule has 5 heteroatoms. The van der Waals surface area contributed by atoms with E-state index in [9.17, 15) is 4.79 Å². The minimum Gasteiger partial charge on any atom is -0.336 e. The number of azide groups is 1. The van der Waals surface area contributed by atoms with Crippen LogP contribution in [0.3, 0.4) is 0 Å². The highest BCUT2D eigenvalue weighted by molar-refractivity contribution is 5.79. The molecule has 0 aromatic heterocycles. The van der Waals surface area contributed by atoms with Crippen LogP contribution in [0.5, 0.6) is 0 Å². The molecule has 1 aliphatic rings. The minimum absolute atomic E-state index is 0.0675. The van der Waals surface area contributed by atoms with Crippen LogP contribution in [-0.4, -0.2) is 23.9 Å². The molecule has 1 aliphatic heterocycles. The molecule has 2 unspecified atom stereocenters. The van der Waals surface area contributed by atoms with Gasteiger partial charge in [0.1, 0.15) is 0 Å². The zero-order chi connectivity index (χ0) is 14.7. The third-order valence-corrected chi connectivity index (χ3v) is 4.12. The summed E-state index contributed by atoms with van der Waals surface area (Å²) < 4.78 is 0. The van der Waals surface area contributed by atoms with Crippen molar-refractivity contribution < 1.29 is 4.79 Å². The molecule has 0 saturated carbocycles. The van der Waals surface area contributed by atoms with Crippen LogP contribution in [0, 0.1) is 19.8 Å². The van der Waals surface area contributed by atoms with Crippen LogP contribution in [0.15, 0.2) is 23.3 Å². The average Bonchev–Trinajstić information content (AvgIpc) is 2.80. The molecule has 0 bridgehead atoms. The molecule has 2 atom stereocenters. The number of hydrogen-bond acceptors (Lipinski definition) is 2. The fraction of sp³-hybridized carbons (Fsp3) is 0.533. The smallest absolute Gasteiger partial charge is 0.223 e. The van der Waals surface area contributed by atoms with Gasteiger partial charge >= 0.3 is 0 Å². The second-order valence-corrected chi connectivity index (χ2v) is 5.55. The van der Waals surface area contributed by atoms with Gasteiger partial charge in [-0.05, 0) is 48.9 Å². The van der Waals surface area contributed by atoms with Crippen molar-refractivity contribution in [3.63, 3.8) is 0 Å². The Hall–Kier alpha value is -2.00. The summed E-state index contributed by atoms with van der Waals surface area (Å²) in [5, 5.41) is 3.58. The molecule has 1 aromatic carbocycles. The van der Waals surface area contributed by atoms with Crippen molar-refractivity contribution in [3.05, 3.63) is 45.3 Å². The number of amides is 1. The Bertz CT molecular complexity index is 563. The predicted octanol–water partition coefficient (Wildman–Crippen LogP) is 3.52. The highest BCUT2D eigenvalue weighted by atomic mass is 16.2. The molecule has 1 saturated heterocycles. The quantitative estimate of drug-likeness (QED) is 0.469. The molecule has 2 rings (SSSR count). The Kier molecular flexibility index (Phi) is 4.30. The summed E-state index contributed by atoms with van der Waals surface area (Å²) in [4.78, 5) is 16.8. The van der Waals surface area contributed by atoms with Gasteiger partial charge in [0.25, 0.3) is 0 Å². The van der Waals surface area contributed by atoms with E-state index in [-0.39, 0.29) is 17.9 Å². The molecule has 106 valence electrons. The first-order valence-corrected chi connectivity index (χ1v) is 6.90. The number of benzene rings is 1. The molecular formula is C15H20N4O. The van der Waals surface area contributed by atoms with Crippen LogP contribution in [0.1, 0.15) is 36.1 Å². The number of hydrogen-bond donors (Lipinski definition) is 0. The standard InChI is InChI=1S/C15H20N4O/c1-10-4-5-14(6-11(10)2)12(3)19-9-13(7-15(19)20)8-17-18-16/h4-6,12-13H,7-9H2,1-3H3. The maximum Gasteiger partial charge on any atom is 0.223 e. The molecule has 0 radical (unpaired) electrons. The van der Waals surface area contributed by atoms with Crippen molar-refractivity contribution in [3.8, 4) is 0 Å². The lowest BCUT2D eigenvalue weighted by atomic mass is 10.0. The van der Waals surface area contributed by atoms with Crippen LogP contribution in [-0.2, 0) is 4.79 Å². The number of likely N-dealkylation sites (tertiary alicyclic amines) is 1. The molecule has 0 spiro atoms. The second kappa shape index (κ2) is 5.97. The normalized spacial score (nSPS) is 19.9. The maximum atomic E-state index is 12.1. The summed E-state index contributed by atoms with van der Waals surface area (Å²) in [5.74, 6) is 0.293. The molecule has 1 heterocycles. The number of rotatable bonds is 4. The highest BCUT2D eigenvalue weighted by Gasteiger charge is 2.32. The average molecular weight is 272 g/mol. The van der Waals surface area contributed by atoms with Gasteiger partial charge < -0.3 is 4.90 Å². The van der Waals surface area contributed by atoms with Crippen LogP contribution in [0.4, 0.5) is 0 Å². The lowest BCUT2D eigenvalue weighted by molar-refractivity contribution is -0.129. The van der Waals surface area contributed by atoms with E-state index in [1.807, 2.05) is 4.90 Å².